The van der Waals surface area contributed by atoms with E-state index < -0.39 is 9.84 Å². The summed E-state index contributed by atoms with van der Waals surface area (Å²) in [6, 6.07) is 17.9. The van der Waals surface area contributed by atoms with Crippen LogP contribution < -0.4 is 0 Å². The molecule has 0 amide bonds. The van der Waals surface area contributed by atoms with Gasteiger partial charge in [0.1, 0.15) is 0 Å². The van der Waals surface area contributed by atoms with E-state index in [1.807, 2.05) is 30.3 Å². The molecule has 0 aliphatic carbocycles. The molecule has 0 aliphatic heterocycles. The van der Waals surface area contributed by atoms with Crippen LogP contribution in [-0.4, -0.2) is 8.42 Å². The monoisotopic (exact) mass is 258 g/mol. The Morgan fingerprint density at radius 1 is 0.889 bits per heavy atom. The maximum Gasteiger partial charge on any atom is 0.202 e. The van der Waals surface area contributed by atoms with Crippen molar-refractivity contribution in [3.63, 3.8) is 0 Å². The quantitative estimate of drug-likeness (QED) is 0.844. The lowest BCUT2D eigenvalue weighted by Crippen LogP contribution is -2.01. The van der Waals surface area contributed by atoms with Crippen LogP contribution in [0.25, 0.3) is 6.08 Å². The minimum atomic E-state index is -3.38. The first-order valence-electron chi connectivity index (χ1n) is 5.64. The van der Waals surface area contributed by atoms with Crippen molar-refractivity contribution < 1.29 is 8.42 Å². The number of sulfone groups is 1. The highest BCUT2D eigenvalue weighted by molar-refractivity contribution is 7.95. The highest BCUT2D eigenvalue weighted by Gasteiger charge is 2.15. The molecule has 2 nitrogen and oxygen atoms in total. The number of hydrogen-bond acceptors (Lipinski definition) is 2. The minimum absolute atomic E-state index is 0.328. The third-order valence-corrected chi connectivity index (χ3v) is 4.51. The van der Waals surface area contributed by atoms with E-state index in [1.165, 1.54) is 0 Å². The summed E-state index contributed by atoms with van der Waals surface area (Å²) >= 11 is 0. The van der Waals surface area contributed by atoms with Crippen molar-refractivity contribution in [2.45, 2.75) is 11.8 Å². The fourth-order valence-corrected chi connectivity index (χ4v) is 2.83. The maximum absolute atomic E-state index is 12.3. The highest BCUT2D eigenvalue weighted by Crippen LogP contribution is 2.20. The van der Waals surface area contributed by atoms with Gasteiger partial charge in [0.15, 0.2) is 0 Å². The summed E-state index contributed by atoms with van der Waals surface area (Å²) in [7, 11) is -3.38. The summed E-state index contributed by atoms with van der Waals surface area (Å²) in [4.78, 5) is 0.676. The van der Waals surface area contributed by atoms with Gasteiger partial charge in [0.2, 0.25) is 9.84 Å². The Hall–Kier alpha value is -1.87. The fraction of sp³-hybridized carbons (Fsp3) is 0.0667. The molecule has 18 heavy (non-hydrogen) atoms. The second-order valence-corrected chi connectivity index (χ2v) is 6.10. The molecule has 0 aromatic heterocycles. The predicted octanol–water partition coefficient (Wildman–Crippen LogP) is 3.52. The van der Waals surface area contributed by atoms with E-state index in [-0.39, 0.29) is 0 Å². The van der Waals surface area contributed by atoms with Crippen molar-refractivity contribution >= 4 is 15.9 Å². The van der Waals surface area contributed by atoms with Gasteiger partial charge in [0, 0.05) is 4.91 Å². The van der Waals surface area contributed by atoms with Crippen molar-refractivity contribution in [3.8, 4) is 0 Å². The first-order chi connectivity index (χ1) is 8.60. The van der Waals surface area contributed by atoms with Gasteiger partial charge in [-0.05, 0) is 30.7 Å². The maximum atomic E-state index is 12.3. The van der Waals surface area contributed by atoms with E-state index in [0.717, 1.165) is 5.56 Å². The van der Waals surface area contributed by atoms with Crippen molar-refractivity contribution in [1.29, 1.82) is 0 Å². The molecular formula is C15H14O2S. The van der Waals surface area contributed by atoms with E-state index in [9.17, 15) is 8.42 Å². The van der Waals surface area contributed by atoms with Crippen molar-refractivity contribution in [2.24, 2.45) is 0 Å². The Morgan fingerprint density at radius 3 is 1.94 bits per heavy atom. The summed E-state index contributed by atoms with van der Waals surface area (Å²) in [6.07, 6.45) is 1.68. The molecule has 0 bridgehead atoms. The molecule has 92 valence electrons. The Kier molecular flexibility index (Phi) is 3.63. The summed E-state index contributed by atoms with van der Waals surface area (Å²) in [6.45, 7) is 1.62. The van der Waals surface area contributed by atoms with E-state index in [0.29, 0.717) is 9.80 Å². The van der Waals surface area contributed by atoms with Gasteiger partial charge in [-0.1, -0.05) is 48.5 Å². The molecule has 0 aliphatic rings. The van der Waals surface area contributed by atoms with E-state index in [2.05, 4.69) is 0 Å². The number of benzene rings is 2. The molecule has 2 aromatic carbocycles. The molecule has 0 saturated heterocycles. The largest absolute Gasteiger partial charge is 0.219 e. The Balaban J connectivity index is 2.40. The van der Waals surface area contributed by atoms with Crippen molar-refractivity contribution in [2.75, 3.05) is 0 Å². The van der Waals surface area contributed by atoms with Crippen LogP contribution in [0.1, 0.15) is 12.5 Å². The molecular weight excluding hydrogens is 244 g/mol. The van der Waals surface area contributed by atoms with Crippen molar-refractivity contribution in [1.82, 2.24) is 0 Å². The lowest BCUT2D eigenvalue weighted by molar-refractivity contribution is 0.602. The standard InChI is InChI=1S/C15H14O2S/c1-13(12-14-8-4-2-5-9-14)18(16,17)15-10-6-3-7-11-15/h2-12H,1H3/b13-12+. The van der Waals surface area contributed by atoms with Crippen LogP contribution in [-0.2, 0) is 9.84 Å². The molecule has 0 fully saturated rings. The zero-order valence-corrected chi connectivity index (χ0v) is 10.9. The van der Waals surface area contributed by atoms with Gasteiger partial charge in [0.05, 0.1) is 4.90 Å². The van der Waals surface area contributed by atoms with Crippen LogP contribution in [0.5, 0.6) is 0 Å². The molecule has 0 spiro atoms. The first-order valence-corrected chi connectivity index (χ1v) is 7.12. The molecule has 0 radical (unpaired) electrons. The summed E-state index contributed by atoms with van der Waals surface area (Å²) < 4.78 is 24.5. The summed E-state index contributed by atoms with van der Waals surface area (Å²) in [5, 5.41) is 0. The normalized spacial score (nSPS) is 12.4. The SMILES string of the molecule is C/C(=C\c1ccccc1)S(=O)(=O)c1ccccc1. The van der Waals surface area contributed by atoms with Gasteiger partial charge >= 0.3 is 0 Å². The Morgan fingerprint density at radius 2 is 1.39 bits per heavy atom. The number of hydrogen-bond donors (Lipinski definition) is 0. The summed E-state index contributed by atoms with van der Waals surface area (Å²) in [5.41, 5.74) is 0.884. The smallest absolute Gasteiger partial charge is 0.202 e. The van der Waals surface area contributed by atoms with Crippen LogP contribution >= 0.6 is 0 Å². The second-order valence-electron chi connectivity index (χ2n) is 3.98. The van der Waals surface area contributed by atoms with Gasteiger partial charge in [-0.2, -0.15) is 0 Å². The molecule has 2 rings (SSSR count). The zero-order valence-electron chi connectivity index (χ0n) is 10.1. The van der Waals surface area contributed by atoms with E-state index >= 15 is 0 Å². The van der Waals surface area contributed by atoms with Crippen LogP contribution in [0.3, 0.4) is 0 Å². The van der Waals surface area contributed by atoms with Crippen LogP contribution in [0.15, 0.2) is 70.5 Å². The Bertz CT molecular complexity index is 641. The third kappa shape index (κ3) is 2.68. The first kappa shape index (κ1) is 12.6. The Labute approximate surface area is 108 Å². The molecule has 2 aromatic rings. The second kappa shape index (κ2) is 5.19. The third-order valence-electron chi connectivity index (χ3n) is 2.65. The van der Waals surface area contributed by atoms with Gasteiger partial charge in [-0.25, -0.2) is 8.42 Å². The number of rotatable bonds is 3. The van der Waals surface area contributed by atoms with Gasteiger partial charge < -0.3 is 0 Å². The lowest BCUT2D eigenvalue weighted by Gasteiger charge is -2.04. The molecule has 0 heterocycles. The van der Waals surface area contributed by atoms with Crippen LogP contribution in [0, 0.1) is 0 Å². The lowest BCUT2D eigenvalue weighted by atomic mass is 10.2. The molecule has 0 N–H and O–H groups in total. The van der Waals surface area contributed by atoms with Crippen LogP contribution in [0.4, 0.5) is 0 Å². The van der Waals surface area contributed by atoms with Gasteiger partial charge in [-0.15, -0.1) is 0 Å². The van der Waals surface area contributed by atoms with Gasteiger partial charge in [-0.3, -0.25) is 0 Å². The topological polar surface area (TPSA) is 34.1 Å². The average Bonchev–Trinajstić information content (AvgIpc) is 2.41. The summed E-state index contributed by atoms with van der Waals surface area (Å²) in [5.74, 6) is 0. The molecule has 0 unspecified atom stereocenters. The number of allylic oxidation sites excluding steroid dienone is 1. The molecule has 0 saturated carbocycles. The van der Waals surface area contributed by atoms with E-state index in [1.54, 1.807) is 43.3 Å². The van der Waals surface area contributed by atoms with Crippen LogP contribution in [0.2, 0.25) is 0 Å². The highest BCUT2D eigenvalue weighted by atomic mass is 32.2. The zero-order chi connectivity index (χ0) is 13.0. The minimum Gasteiger partial charge on any atom is -0.219 e. The average molecular weight is 258 g/mol. The fourth-order valence-electron chi connectivity index (χ4n) is 1.65. The predicted molar refractivity (Wildman–Crippen MR) is 73.7 cm³/mol. The van der Waals surface area contributed by atoms with Crippen molar-refractivity contribution in [3.05, 3.63) is 71.1 Å². The van der Waals surface area contributed by atoms with E-state index in [4.69, 9.17) is 0 Å². The molecule has 0 atom stereocenters. The molecule has 3 heteroatoms. The van der Waals surface area contributed by atoms with Gasteiger partial charge in [0.25, 0.3) is 0 Å².